The second kappa shape index (κ2) is 5.68. The van der Waals surface area contributed by atoms with Crippen LogP contribution in [0.2, 0.25) is 0 Å². The number of ether oxygens (including phenoxy) is 2. The normalized spacial score (nSPS) is 11.1. The number of hydrogen-bond donors (Lipinski definition) is 1. The second-order valence-electron chi connectivity index (χ2n) is 3.33. The molecule has 1 aromatic rings. The Kier molecular flexibility index (Phi) is 4.71. The lowest BCUT2D eigenvalue weighted by molar-refractivity contribution is 0.0596. The molecule has 0 fully saturated rings. The van der Waals surface area contributed by atoms with E-state index in [0.29, 0.717) is 4.47 Å². The molecule has 0 saturated carbocycles. The van der Waals surface area contributed by atoms with Gasteiger partial charge in [-0.1, -0.05) is 6.07 Å². The molecule has 100 valence electrons. The molecule has 1 rings (SSSR count). The van der Waals surface area contributed by atoms with Gasteiger partial charge in [0.05, 0.1) is 18.7 Å². The van der Waals surface area contributed by atoms with E-state index in [-0.39, 0.29) is 16.9 Å². The van der Waals surface area contributed by atoms with Crippen molar-refractivity contribution in [3.63, 3.8) is 0 Å². The van der Waals surface area contributed by atoms with E-state index >= 15 is 0 Å². The third-order valence-corrected chi connectivity index (χ3v) is 3.43. The molecule has 0 spiro atoms. The topological polar surface area (TPSA) is 89.9 Å². The van der Waals surface area contributed by atoms with Gasteiger partial charge in [0.15, 0.2) is 0 Å². The summed E-state index contributed by atoms with van der Waals surface area (Å²) in [7, 11) is -1.75. The van der Waals surface area contributed by atoms with E-state index in [9.17, 15) is 13.2 Å². The van der Waals surface area contributed by atoms with Crippen molar-refractivity contribution in [2.24, 2.45) is 0 Å². The second-order valence-corrected chi connectivity index (χ2v) is 5.64. The summed E-state index contributed by atoms with van der Waals surface area (Å²) in [6.07, 6.45) is 0. The van der Waals surface area contributed by atoms with E-state index in [2.05, 4.69) is 20.7 Å². The molecule has 18 heavy (non-hydrogen) atoms. The number of carbonyl (C=O) groups is 1. The molecule has 0 aliphatic carbocycles. The molecular weight excluding hydrogens is 328 g/mol. The van der Waals surface area contributed by atoms with Gasteiger partial charge in [0.1, 0.15) is 17.1 Å². The first kappa shape index (κ1) is 14.9. The molecule has 6 nitrogen and oxygen atoms in total. The number of halogens is 1. The molecule has 1 N–H and O–H groups in total. The van der Waals surface area contributed by atoms with Crippen molar-refractivity contribution in [1.82, 2.24) is 0 Å². The lowest BCUT2D eigenvalue weighted by atomic mass is 10.1. The smallest absolute Gasteiger partial charge is 0.342 e. The first-order valence-electron chi connectivity index (χ1n) is 4.69. The van der Waals surface area contributed by atoms with Gasteiger partial charge in [0.25, 0.3) is 10.1 Å². The van der Waals surface area contributed by atoms with Crippen LogP contribution in [0.5, 0.6) is 5.75 Å². The zero-order valence-corrected chi connectivity index (χ0v) is 12.0. The Morgan fingerprint density at radius 2 is 2.00 bits per heavy atom. The average Bonchev–Trinajstić information content (AvgIpc) is 2.28. The van der Waals surface area contributed by atoms with Crippen LogP contribution in [0.3, 0.4) is 0 Å². The van der Waals surface area contributed by atoms with Gasteiger partial charge in [-0.05, 0) is 27.6 Å². The highest BCUT2D eigenvalue weighted by Gasteiger charge is 2.23. The number of esters is 1. The Balaban J connectivity index is 3.47. The summed E-state index contributed by atoms with van der Waals surface area (Å²) < 4.78 is 40.7. The Hall–Kier alpha value is -1.12. The van der Waals surface area contributed by atoms with E-state index in [1.54, 1.807) is 0 Å². The predicted molar refractivity (Wildman–Crippen MR) is 67.3 cm³/mol. The monoisotopic (exact) mass is 338 g/mol. The Morgan fingerprint density at radius 1 is 1.39 bits per heavy atom. The SMILES string of the molecule is COC(=O)c1c(CS(=O)(=O)O)ccc(Br)c1OC. The van der Waals surface area contributed by atoms with Crippen molar-refractivity contribution in [2.75, 3.05) is 14.2 Å². The minimum Gasteiger partial charge on any atom is -0.495 e. The lowest BCUT2D eigenvalue weighted by Crippen LogP contribution is -2.12. The molecule has 0 aliphatic heterocycles. The number of rotatable bonds is 4. The van der Waals surface area contributed by atoms with Gasteiger partial charge in [0, 0.05) is 0 Å². The van der Waals surface area contributed by atoms with Gasteiger partial charge in [-0.2, -0.15) is 8.42 Å². The minimum absolute atomic E-state index is 0.0352. The fourth-order valence-electron chi connectivity index (χ4n) is 1.44. The van der Waals surface area contributed by atoms with E-state index < -0.39 is 21.8 Å². The molecule has 0 heterocycles. The predicted octanol–water partition coefficient (Wildman–Crippen LogP) is 1.63. The van der Waals surface area contributed by atoms with Crippen LogP contribution >= 0.6 is 15.9 Å². The highest BCUT2D eigenvalue weighted by molar-refractivity contribution is 9.10. The molecular formula is C10H11BrO6S. The zero-order valence-electron chi connectivity index (χ0n) is 9.64. The molecule has 0 amide bonds. The Labute approximate surface area is 113 Å². The summed E-state index contributed by atoms with van der Waals surface area (Å²) in [5, 5.41) is 0. The van der Waals surface area contributed by atoms with Crippen LogP contribution in [0.25, 0.3) is 0 Å². The van der Waals surface area contributed by atoms with Crippen molar-refractivity contribution in [1.29, 1.82) is 0 Å². The number of benzene rings is 1. The fourth-order valence-corrected chi connectivity index (χ4v) is 2.57. The maximum atomic E-state index is 11.7. The van der Waals surface area contributed by atoms with Gasteiger partial charge >= 0.3 is 5.97 Å². The fraction of sp³-hybridized carbons (Fsp3) is 0.300. The zero-order chi connectivity index (χ0) is 13.9. The van der Waals surface area contributed by atoms with Crippen LogP contribution in [0.4, 0.5) is 0 Å². The molecule has 0 unspecified atom stereocenters. The third kappa shape index (κ3) is 3.44. The summed E-state index contributed by atoms with van der Waals surface area (Å²) in [6, 6.07) is 2.92. The summed E-state index contributed by atoms with van der Waals surface area (Å²) in [5.74, 6) is -1.28. The molecule has 8 heteroatoms. The Morgan fingerprint density at radius 3 is 2.44 bits per heavy atom. The van der Waals surface area contributed by atoms with Gasteiger partial charge in [-0.3, -0.25) is 4.55 Å². The molecule has 0 bridgehead atoms. The first-order valence-corrected chi connectivity index (χ1v) is 7.09. The highest BCUT2D eigenvalue weighted by Crippen LogP contribution is 2.32. The Bertz CT molecular complexity index is 566. The quantitative estimate of drug-likeness (QED) is 0.662. The summed E-state index contributed by atoms with van der Waals surface area (Å²) in [5.41, 5.74) is 0.0661. The molecule has 0 radical (unpaired) electrons. The standard InChI is InChI=1S/C10H11BrO6S/c1-16-9-7(11)4-3-6(5-18(13,14)15)8(9)10(12)17-2/h3-4H,5H2,1-2H3,(H,13,14,15). The van der Waals surface area contributed by atoms with Crippen LogP contribution in [-0.2, 0) is 20.6 Å². The molecule has 0 saturated heterocycles. The largest absolute Gasteiger partial charge is 0.495 e. The molecule has 0 aliphatic rings. The molecule has 0 aromatic heterocycles. The van der Waals surface area contributed by atoms with Gasteiger partial charge < -0.3 is 9.47 Å². The van der Waals surface area contributed by atoms with Gasteiger partial charge in [-0.25, -0.2) is 4.79 Å². The van der Waals surface area contributed by atoms with Crippen molar-refractivity contribution < 1.29 is 27.2 Å². The molecule has 1 aromatic carbocycles. The van der Waals surface area contributed by atoms with Crippen molar-refractivity contribution >= 4 is 32.0 Å². The van der Waals surface area contributed by atoms with Crippen molar-refractivity contribution in [3.05, 3.63) is 27.7 Å². The first-order chi connectivity index (χ1) is 8.30. The maximum absolute atomic E-state index is 11.7. The van der Waals surface area contributed by atoms with Crippen molar-refractivity contribution in [3.8, 4) is 5.75 Å². The van der Waals surface area contributed by atoms with E-state index in [1.807, 2.05) is 0 Å². The maximum Gasteiger partial charge on any atom is 0.342 e. The third-order valence-electron chi connectivity index (χ3n) is 2.13. The summed E-state index contributed by atoms with van der Waals surface area (Å²) in [4.78, 5) is 11.7. The van der Waals surface area contributed by atoms with E-state index in [4.69, 9.17) is 9.29 Å². The van der Waals surface area contributed by atoms with Crippen LogP contribution in [0, 0.1) is 0 Å². The molecule has 0 atom stereocenters. The lowest BCUT2D eigenvalue weighted by Gasteiger charge is -2.12. The number of carbonyl (C=O) groups excluding carboxylic acids is 1. The highest BCUT2D eigenvalue weighted by atomic mass is 79.9. The summed E-state index contributed by atoms with van der Waals surface area (Å²) in [6.45, 7) is 0. The number of methoxy groups -OCH3 is 2. The van der Waals surface area contributed by atoms with Gasteiger partial charge in [0.2, 0.25) is 0 Å². The van der Waals surface area contributed by atoms with Crippen LogP contribution in [0.1, 0.15) is 15.9 Å². The number of hydrogen-bond acceptors (Lipinski definition) is 5. The van der Waals surface area contributed by atoms with Gasteiger partial charge in [-0.15, -0.1) is 0 Å². The van der Waals surface area contributed by atoms with E-state index in [0.717, 1.165) is 0 Å². The van der Waals surface area contributed by atoms with Crippen LogP contribution in [0.15, 0.2) is 16.6 Å². The van der Waals surface area contributed by atoms with E-state index in [1.165, 1.54) is 26.4 Å². The van der Waals surface area contributed by atoms with Crippen LogP contribution < -0.4 is 4.74 Å². The summed E-state index contributed by atoms with van der Waals surface area (Å²) >= 11 is 3.17. The average molecular weight is 339 g/mol. The minimum atomic E-state index is -4.26. The van der Waals surface area contributed by atoms with Crippen molar-refractivity contribution in [2.45, 2.75) is 5.75 Å². The van der Waals surface area contributed by atoms with Crippen LogP contribution in [-0.4, -0.2) is 33.2 Å².